The van der Waals surface area contributed by atoms with Gasteiger partial charge < -0.3 is 9.32 Å². The van der Waals surface area contributed by atoms with Gasteiger partial charge in [0.05, 0.1) is 6.54 Å². The van der Waals surface area contributed by atoms with E-state index in [2.05, 4.69) is 10.2 Å². The minimum atomic E-state index is -2.92. The van der Waals surface area contributed by atoms with Gasteiger partial charge in [-0.1, -0.05) is 18.2 Å². The smallest absolute Gasteiger partial charge is 0.324 e. The number of hydrogen-bond donors (Lipinski definition) is 0. The Hall–Kier alpha value is -3.21. The van der Waals surface area contributed by atoms with Gasteiger partial charge in [-0.3, -0.25) is 9.11 Å². The van der Waals surface area contributed by atoms with Gasteiger partial charge in [0.25, 0.3) is 5.89 Å². The monoisotopic (exact) mass is 478 g/mol. The lowest BCUT2D eigenvalue weighted by Gasteiger charge is -2.33. The van der Waals surface area contributed by atoms with Crippen molar-refractivity contribution in [3.05, 3.63) is 65.3 Å². The first-order chi connectivity index (χ1) is 15.8. The van der Waals surface area contributed by atoms with Crippen LogP contribution in [0.5, 0.6) is 0 Å². The predicted octanol–water partition coefficient (Wildman–Crippen LogP) is 4.31. The minimum absolute atomic E-state index is 0.0554. The molecule has 0 radical (unpaired) electrons. The summed E-state index contributed by atoms with van der Waals surface area (Å²) in [7, 11) is -0.942. The summed E-state index contributed by atoms with van der Waals surface area (Å²) in [6.07, 6.45) is -2.92. The number of alkyl halides is 2. The maximum atomic E-state index is 15.0. The summed E-state index contributed by atoms with van der Waals surface area (Å²) in [6.45, 7) is 2.56. The molecule has 0 unspecified atom stereocenters. The van der Waals surface area contributed by atoms with Crippen molar-refractivity contribution in [2.45, 2.75) is 19.9 Å². The number of anilines is 1. The number of hydrogen-bond acceptors (Lipinski definition) is 5. The van der Waals surface area contributed by atoms with Crippen LogP contribution >= 0.6 is 0 Å². The normalized spacial score (nSPS) is 14.6. The van der Waals surface area contributed by atoms with Crippen molar-refractivity contribution in [1.29, 1.82) is 0 Å². The molecule has 0 spiro atoms. The Balaban J connectivity index is 1.61. The molecule has 0 saturated carbocycles. The summed E-state index contributed by atoms with van der Waals surface area (Å²) >= 11 is 0. The zero-order valence-electron chi connectivity index (χ0n) is 17.7. The van der Waals surface area contributed by atoms with Crippen LogP contribution in [0, 0.1) is 12.7 Å². The molecule has 11 heteroatoms. The molecule has 174 valence electrons. The Bertz CT molecular complexity index is 1180. The Morgan fingerprint density at radius 1 is 1.18 bits per heavy atom. The summed E-state index contributed by atoms with van der Waals surface area (Å²) in [5.74, 6) is -0.894. The van der Waals surface area contributed by atoms with Crippen molar-refractivity contribution in [3.8, 4) is 11.5 Å². The van der Waals surface area contributed by atoms with Crippen LogP contribution in [0.1, 0.15) is 23.4 Å². The number of carbonyl (C=O) groups is 1. The fourth-order valence-corrected chi connectivity index (χ4v) is 4.54. The van der Waals surface area contributed by atoms with E-state index in [9.17, 15) is 22.2 Å². The number of carbonyl (C=O) groups excluding carboxylic acids is 1. The van der Waals surface area contributed by atoms with Crippen molar-refractivity contribution >= 4 is 22.5 Å². The average Bonchev–Trinajstić information content (AvgIpc) is 3.29. The summed E-state index contributed by atoms with van der Waals surface area (Å²) in [5.41, 5.74) is 1.92. The molecule has 33 heavy (non-hydrogen) atoms. The molecule has 2 heterocycles. The molecule has 1 aliphatic heterocycles. The van der Waals surface area contributed by atoms with Gasteiger partial charge in [-0.25, -0.2) is 9.18 Å². The molecule has 7 nitrogen and oxygen atoms in total. The van der Waals surface area contributed by atoms with E-state index >= 15 is 0 Å². The highest BCUT2D eigenvalue weighted by Crippen LogP contribution is 2.27. The third kappa shape index (κ3) is 5.24. The van der Waals surface area contributed by atoms with Gasteiger partial charge >= 0.3 is 12.5 Å². The van der Waals surface area contributed by atoms with E-state index in [0.717, 1.165) is 11.6 Å². The third-order valence-corrected chi connectivity index (χ3v) is 6.52. The number of aromatic nitrogens is 2. The standard InChI is InChI=1S/C22H21F3N4O3S/c1-14-3-2-4-17(11-14)29(22(30)28-7-9-33(31)10-8-28)13-16-6-5-15(12-18(16)23)20-26-27-21(32-20)19(24)25/h2-6,11-12,19H,7-10,13H2,1H3. The van der Waals surface area contributed by atoms with E-state index in [0.29, 0.717) is 30.3 Å². The Kier molecular flexibility index (Phi) is 6.77. The van der Waals surface area contributed by atoms with Gasteiger partial charge in [0.15, 0.2) is 0 Å². The second kappa shape index (κ2) is 9.74. The number of urea groups is 1. The number of rotatable bonds is 5. The van der Waals surface area contributed by atoms with Gasteiger partial charge in [-0.2, -0.15) is 8.78 Å². The molecule has 1 aliphatic rings. The second-order valence-corrected chi connectivity index (χ2v) is 9.29. The lowest BCUT2D eigenvalue weighted by atomic mass is 10.1. The molecule has 1 saturated heterocycles. The van der Waals surface area contributed by atoms with Crippen molar-refractivity contribution in [2.24, 2.45) is 0 Å². The van der Waals surface area contributed by atoms with E-state index in [1.54, 1.807) is 11.0 Å². The van der Waals surface area contributed by atoms with Crippen molar-refractivity contribution < 1.29 is 26.6 Å². The molecule has 4 rings (SSSR count). The fourth-order valence-electron chi connectivity index (χ4n) is 3.48. The molecule has 1 fully saturated rings. The highest BCUT2D eigenvalue weighted by Gasteiger charge is 2.27. The summed E-state index contributed by atoms with van der Waals surface area (Å²) in [6, 6.07) is 11.0. The van der Waals surface area contributed by atoms with Crippen molar-refractivity contribution in [2.75, 3.05) is 29.5 Å². The second-order valence-electron chi connectivity index (χ2n) is 7.60. The average molecular weight is 478 g/mol. The van der Waals surface area contributed by atoms with Gasteiger partial charge in [-0.05, 0) is 36.8 Å². The number of amides is 2. The maximum absolute atomic E-state index is 15.0. The van der Waals surface area contributed by atoms with Crippen LogP contribution in [-0.2, 0) is 17.3 Å². The largest absolute Gasteiger partial charge is 0.415 e. The number of halogens is 3. The van der Waals surface area contributed by atoms with Crippen LogP contribution < -0.4 is 4.90 Å². The number of aryl methyl sites for hydroxylation is 1. The highest BCUT2D eigenvalue weighted by atomic mass is 32.2. The van der Waals surface area contributed by atoms with Crippen LogP contribution in [0.2, 0.25) is 0 Å². The van der Waals surface area contributed by atoms with E-state index < -0.39 is 28.9 Å². The molecular formula is C22H21F3N4O3S. The van der Waals surface area contributed by atoms with Crippen LogP contribution in [-0.4, -0.2) is 49.9 Å². The molecule has 3 aromatic rings. The van der Waals surface area contributed by atoms with Crippen LogP contribution in [0.15, 0.2) is 46.9 Å². The zero-order chi connectivity index (χ0) is 23.5. The molecule has 1 aromatic heterocycles. The van der Waals surface area contributed by atoms with E-state index in [1.165, 1.54) is 17.0 Å². The first kappa shape index (κ1) is 23.0. The van der Waals surface area contributed by atoms with Crippen LogP contribution in [0.4, 0.5) is 23.7 Å². The molecular weight excluding hydrogens is 457 g/mol. The van der Waals surface area contributed by atoms with E-state index in [1.807, 2.05) is 25.1 Å². The SMILES string of the molecule is Cc1cccc(N(Cc2ccc(-c3nnc(C(F)F)o3)cc2F)C(=O)N2CCS(=O)CC2)c1. The topological polar surface area (TPSA) is 79.5 Å². The van der Waals surface area contributed by atoms with Crippen LogP contribution in [0.3, 0.4) is 0 Å². The van der Waals surface area contributed by atoms with Gasteiger partial charge in [0.1, 0.15) is 5.82 Å². The summed E-state index contributed by atoms with van der Waals surface area (Å²) < 4.78 is 56.9. The molecule has 2 amide bonds. The third-order valence-electron chi connectivity index (χ3n) is 5.25. The van der Waals surface area contributed by atoms with Gasteiger partial charge in [-0.15, -0.1) is 10.2 Å². The van der Waals surface area contributed by atoms with E-state index in [4.69, 9.17) is 4.42 Å². The zero-order valence-corrected chi connectivity index (χ0v) is 18.5. The molecule has 2 aromatic carbocycles. The number of nitrogens with zero attached hydrogens (tertiary/aromatic N) is 4. The Labute approximate surface area is 190 Å². The Morgan fingerprint density at radius 2 is 1.94 bits per heavy atom. The van der Waals surface area contributed by atoms with Gasteiger partial charge in [0.2, 0.25) is 5.89 Å². The molecule has 0 N–H and O–H groups in total. The number of benzene rings is 2. The summed E-state index contributed by atoms with van der Waals surface area (Å²) in [4.78, 5) is 16.4. The first-order valence-electron chi connectivity index (χ1n) is 10.2. The molecule has 0 bridgehead atoms. The fraction of sp³-hybridized carbons (Fsp3) is 0.318. The van der Waals surface area contributed by atoms with E-state index in [-0.39, 0.29) is 29.6 Å². The lowest BCUT2D eigenvalue weighted by molar-refractivity contribution is 0.116. The molecule has 0 aliphatic carbocycles. The van der Waals surface area contributed by atoms with Crippen LogP contribution in [0.25, 0.3) is 11.5 Å². The van der Waals surface area contributed by atoms with Crippen molar-refractivity contribution in [1.82, 2.24) is 15.1 Å². The molecule has 0 atom stereocenters. The van der Waals surface area contributed by atoms with Crippen molar-refractivity contribution in [3.63, 3.8) is 0 Å². The lowest BCUT2D eigenvalue weighted by Crippen LogP contribution is -2.48. The quantitative estimate of drug-likeness (QED) is 0.546. The van der Waals surface area contributed by atoms with Gasteiger partial charge in [0, 0.05) is 52.2 Å². The highest BCUT2D eigenvalue weighted by molar-refractivity contribution is 7.85. The maximum Gasteiger partial charge on any atom is 0.324 e. The minimum Gasteiger partial charge on any atom is -0.415 e. The predicted molar refractivity (Wildman–Crippen MR) is 117 cm³/mol. The first-order valence-corrected chi connectivity index (χ1v) is 11.7. The Morgan fingerprint density at radius 3 is 2.58 bits per heavy atom. The summed E-state index contributed by atoms with van der Waals surface area (Å²) in [5, 5.41) is 6.78.